The minimum Gasteiger partial charge on any atom is -0.447 e. The fourth-order valence-electron chi connectivity index (χ4n) is 6.05. The van der Waals surface area contributed by atoms with Crippen LogP contribution in [0.4, 0.5) is 18.0 Å². The van der Waals surface area contributed by atoms with Gasteiger partial charge >= 0.3 is 6.09 Å². The minimum absolute atomic E-state index is 0.128. The molecule has 13 heteroatoms. The van der Waals surface area contributed by atoms with Gasteiger partial charge in [-0.05, 0) is 71.9 Å². The second kappa shape index (κ2) is 12.0. The van der Waals surface area contributed by atoms with E-state index in [4.69, 9.17) is 9.47 Å². The minimum atomic E-state index is -3.73. The van der Waals surface area contributed by atoms with Crippen LogP contribution in [0.1, 0.15) is 60.3 Å². The molecule has 1 N–H and O–H groups in total. The fraction of sp³-hybridized carbons (Fsp3) is 0.800. The van der Waals surface area contributed by atoms with Crippen molar-refractivity contribution in [3.8, 4) is 0 Å². The number of fused-ring (bicyclic) bond motifs is 1. The number of hydrogen-bond acceptors (Lipinski definition) is 6. The zero-order chi connectivity index (χ0) is 28.4. The highest BCUT2D eigenvalue weighted by atomic mass is 32.2. The summed E-state index contributed by atoms with van der Waals surface area (Å²) in [7, 11) is -3.73. The molecule has 38 heavy (non-hydrogen) atoms. The third-order valence-corrected chi connectivity index (χ3v) is 9.44. The van der Waals surface area contributed by atoms with E-state index in [1.54, 1.807) is 13.8 Å². The summed E-state index contributed by atoms with van der Waals surface area (Å²) < 4.78 is 79.7. The Morgan fingerprint density at radius 2 is 2.00 bits per heavy atom. The highest BCUT2D eigenvalue weighted by molar-refractivity contribution is 7.89. The zero-order valence-corrected chi connectivity index (χ0v) is 23.4. The molecule has 0 unspecified atom stereocenters. The number of halogens is 3. The van der Waals surface area contributed by atoms with Crippen molar-refractivity contribution in [2.75, 3.05) is 12.4 Å². The van der Waals surface area contributed by atoms with Crippen LogP contribution >= 0.6 is 0 Å². The second-order valence-electron chi connectivity index (χ2n) is 10.7. The van der Waals surface area contributed by atoms with Crippen LogP contribution < -0.4 is 4.72 Å². The van der Waals surface area contributed by atoms with Crippen molar-refractivity contribution in [3.63, 3.8) is 0 Å². The van der Waals surface area contributed by atoms with Crippen molar-refractivity contribution in [1.82, 2.24) is 9.62 Å². The van der Waals surface area contributed by atoms with Crippen LogP contribution in [-0.2, 0) is 19.5 Å². The van der Waals surface area contributed by atoms with Gasteiger partial charge in [0.25, 0.3) is 6.43 Å². The second-order valence-corrected chi connectivity index (χ2v) is 12.7. The summed E-state index contributed by atoms with van der Waals surface area (Å²) in [6, 6.07) is -3.42. The molecule has 1 heterocycles. The lowest BCUT2D eigenvalue weighted by Gasteiger charge is -2.33. The van der Waals surface area contributed by atoms with Gasteiger partial charge in [-0.15, -0.1) is 0 Å². The Balaban J connectivity index is 1.77. The first kappa shape index (κ1) is 30.6. The lowest BCUT2D eigenvalue weighted by Crippen LogP contribution is -2.52. The van der Waals surface area contributed by atoms with Gasteiger partial charge in [0, 0.05) is 11.5 Å². The molecule has 0 bridgehead atoms. The Labute approximate surface area is 223 Å². The Bertz CT molecular complexity index is 1050. The van der Waals surface area contributed by atoms with Crippen molar-refractivity contribution in [1.29, 1.82) is 0 Å². The van der Waals surface area contributed by atoms with E-state index in [9.17, 15) is 26.4 Å². The van der Waals surface area contributed by atoms with Crippen LogP contribution in [0.15, 0.2) is 22.0 Å². The predicted molar refractivity (Wildman–Crippen MR) is 139 cm³/mol. The van der Waals surface area contributed by atoms with E-state index in [-0.39, 0.29) is 42.1 Å². The fourth-order valence-corrected chi connectivity index (χ4v) is 6.93. The number of carbonyl (C=O) groups excluding carboxylic acids is 1. The molecule has 3 aliphatic rings. The summed E-state index contributed by atoms with van der Waals surface area (Å²) in [5.74, 6) is 0.238. The molecule has 9 nitrogen and oxygen atoms in total. The number of hydrogen-bond donors (Lipinski definition) is 1. The molecule has 0 radical (unpaired) electrons. The highest BCUT2D eigenvalue weighted by Gasteiger charge is 2.66. The number of nitrogens with one attached hydrogen (secondary N) is 1. The highest BCUT2D eigenvalue weighted by Crippen LogP contribution is 2.67. The molecule has 2 aliphatic carbocycles. The molecular formula is C25H39F3N4O5S. The molecule has 216 valence electrons. The van der Waals surface area contributed by atoms with Gasteiger partial charge in [-0.3, -0.25) is 4.90 Å². The lowest BCUT2D eigenvalue weighted by atomic mass is 9.85. The van der Waals surface area contributed by atoms with Gasteiger partial charge in [0.05, 0.1) is 42.9 Å². The first-order chi connectivity index (χ1) is 17.8. The van der Waals surface area contributed by atoms with Gasteiger partial charge in [0.15, 0.2) is 0 Å². The average molecular weight is 565 g/mol. The maximum absolute atomic E-state index is 14.0. The van der Waals surface area contributed by atoms with Crippen LogP contribution in [0.5, 0.6) is 0 Å². The van der Waals surface area contributed by atoms with Gasteiger partial charge < -0.3 is 9.47 Å². The average Bonchev–Trinajstić information content (AvgIpc) is 3.24. The van der Waals surface area contributed by atoms with Gasteiger partial charge in [-0.2, -0.15) is 0 Å². The third-order valence-electron chi connectivity index (χ3n) is 8.02. The normalized spacial score (nSPS) is 34.0. The molecule has 0 spiro atoms. The summed E-state index contributed by atoms with van der Waals surface area (Å²) in [5.41, 5.74) is -0.311. The summed E-state index contributed by atoms with van der Waals surface area (Å²) in [6.45, 7) is 11.5. The number of sulfonamides is 1. The van der Waals surface area contributed by atoms with Crippen LogP contribution in [0.3, 0.4) is 0 Å². The molecule has 2 saturated carbocycles. The van der Waals surface area contributed by atoms with E-state index >= 15 is 0 Å². The number of alkyl halides is 2. The molecule has 0 aromatic rings. The van der Waals surface area contributed by atoms with E-state index in [0.29, 0.717) is 25.1 Å². The van der Waals surface area contributed by atoms with Gasteiger partial charge in [0.1, 0.15) is 11.7 Å². The lowest BCUT2D eigenvalue weighted by molar-refractivity contribution is -0.0301. The number of aliphatic imine (C=N–C) groups is 2. The summed E-state index contributed by atoms with van der Waals surface area (Å²) >= 11 is 0. The number of carbonyl (C=O) groups is 1. The number of amidine groups is 1. The molecule has 3 rings (SSSR count). The van der Waals surface area contributed by atoms with Crippen LogP contribution in [0.25, 0.3) is 0 Å². The number of rotatable bonds is 10. The first-order valence-corrected chi connectivity index (χ1v) is 14.7. The Morgan fingerprint density at radius 1 is 1.32 bits per heavy atom. The van der Waals surface area contributed by atoms with Crippen LogP contribution in [0.2, 0.25) is 0 Å². The molecule has 3 fully saturated rings. The quantitative estimate of drug-likeness (QED) is 0.314. The van der Waals surface area contributed by atoms with E-state index in [1.807, 2.05) is 0 Å². The van der Waals surface area contributed by atoms with Crippen LogP contribution in [-0.4, -0.2) is 81.1 Å². The first-order valence-electron chi connectivity index (χ1n) is 13.0. The number of amides is 1. The molecule has 0 aromatic heterocycles. The Morgan fingerprint density at radius 3 is 2.53 bits per heavy atom. The standard InChI is InChI=1S/C25H39F3N4O5S/c1-7-38(34,35)31-19-11-20(22(27)28)32(24(33)37-14(2)3)21(19)13-36-17-8-9-25(16(5)18(25)10-17)23(29-6)30-12-15(4)26/h12,14,16-22,31H,6-11,13H2,1-5H3/b15-12+,30-23?/t16-,17-,18+,19-,20-,21-,25+/m0/s1. The molecular weight excluding hydrogens is 525 g/mol. The van der Waals surface area contributed by atoms with E-state index < -0.39 is 52.6 Å². The maximum atomic E-state index is 14.0. The maximum Gasteiger partial charge on any atom is 0.410 e. The van der Waals surface area contributed by atoms with Gasteiger partial charge in [0.2, 0.25) is 10.0 Å². The number of nitrogens with zero attached hydrogens (tertiary/aromatic N) is 3. The van der Waals surface area contributed by atoms with Gasteiger partial charge in [-0.25, -0.2) is 41.1 Å². The third kappa shape index (κ3) is 6.41. The van der Waals surface area contributed by atoms with E-state index in [0.717, 1.165) is 11.1 Å². The summed E-state index contributed by atoms with van der Waals surface area (Å²) in [5, 5.41) is 0. The zero-order valence-electron chi connectivity index (χ0n) is 22.6. The Hall–Kier alpha value is -1.99. The monoisotopic (exact) mass is 564 g/mol. The molecule has 1 saturated heterocycles. The predicted octanol–water partition coefficient (Wildman–Crippen LogP) is 4.30. The molecule has 1 aliphatic heterocycles. The van der Waals surface area contributed by atoms with E-state index in [1.165, 1.54) is 13.8 Å². The summed E-state index contributed by atoms with van der Waals surface area (Å²) in [6.07, 6.45) is -1.78. The van der Waals surface area contributed by atoms with Crippen LogP contribution in [0, 0.1) is 17.3 Å². The van der Waals surface area contributed by atoms with Crippen molar-refractivity contribution in [2.45, 2.75) is 97.1 Å². The van der Waals surface area contributed by atoms with Gasteiger partial charge in [-0.1, -0.05) is 6.92 Å². The smallest absolute Gasteiger partial charge is 0.410 e. The van der Waals surface area contributed by atoms with E-state index in [2.05, 4.69) is 28.3 Å². The molecule has 7 atom stereocenters. The molecule has 0 aromatic carbocycles. The SMILES string of the molecule is C=NC(=N/C=C(\C)F)[C@@]12CC[C@H](OC[C@H]3[C@@H](NS(=O)(=O)CC)C[C@@H](C(F)F)N3C(=O)OC(C)C)C[C@@H]1[C@@H]2C. The van der Waals surface area contributed by atoms with Crippen molar-refractivity contribution < 1.29 is 35.9 Å². The van der Waals surface area contributed by atoms with Crippen molar-refractivity contribution >= 4 is 28.7 Å². The number of likely N-dealkylation sites (tertiary alicyclic amines) is 1. The molecule has 1 amide bonds. The van der Waals surface area contributed by atoms with Crippen molar-refractivity contribution in [3.05, 3.63) is 12.0 Å². The number of allylic oxidation sites excluding steroid dienone is 1. The number of ether oxygens (including phenoxy) is 2. The van der Waals surface area contributed by atoms with Crippen molar-refractivity contribution in [2.24, 2.45) is 27.2 Å². The topological polar surface area (TPSA) is 110 Å². The Kier molecular flexibility index (Phi) is 9.67. The summed E-state index contributed by atoms with van der Waals surface area (Å²) in [4.78, 5) is 22.1. The largest absolute Gasteiger partial charge is 0.447 e.